The van der Waals surface area contributed by atoms with Crippen molar-refractivity contribution in [1.29, 1.82) is 0 Å². The molecule has 19 heavy (non-hydrogen) atoms. The van der Waals surface area contributed by atoms with Crippen LogP contribution in [0.1, 0.15) is 11.1 Å². The smallest absolute Gasteiger partial charge is 0.240 e. The van der Waals surface area contributed by atoms with Crippen LogP contribution in [-0.2, 0) is 0 Å². The number of anilines is 1. The van der Waals surface area contributed by atoms with Crippen molar-refractivity contribution in [2.75, 3.05) is 5.73 Å². The van der Waals surface area contributed by atoms with Gasteiger partial charge in [0, 0.05) is 11.8 Å². The molecule has 1 aromatic carbocycles. The number of nitrogen functional groups attached to an aromatic ring is 1. The molecule has 2 aromatic heterocycles. The average molecular weight is 256 g/mol. The zero-order chi connectivity index (χ0) is 13.6. The van der Waals surface area contributed by atoms with E-state index in [1.165, 1.54) is 12.1 Å². The van der Waals surface area contributed by atoms with E-state index in [4.69, 9.17) is 5.73 Å². The van der Waals surface area contributed by atoms with Crippen LogP contribution in [0.5, 0.6) is 0 Å². The average Bonchev–Trinajstić information content (AvgIpc) is 2.68. The van der Waals surface area contributed by atoms with Crippen molar-refractivity contribution in [2.45, 2.75) is 13.8 Å². The van der Waals surface area contributed by atoms with E-state index >= 15 is 0 Å². The van der Waals surface area contributed by atoms with Gasteiger partial charge >= 0.3 is 0 Å². The SMILES string of the molecule is Cc1cc(-c2ccc(F)cc2C)c2nc(N)nn2c1. The number of benzene rings is 1. The summed E-state index contributed by atoms with van der Waals surface area (Å²) in [7, 11) is 0. The predicted molar refractivity (Wildman–Crippen MR) is 72.3 cm³/mol. The van der Waals surface area contributed by atoms with E-state index < -0.39 is 0 Å². The van der Waals surface area contributed by atoms with Crippen molar-refractivity contribution in [3.63, 3.8) is 0 Å². The molecule has 5 heteroatoms. The molecule has 0 radical (unpaired) electrons. The zero-order valence-corrected chi connectivity index (χ0v) is 10.7. The van der Waals surface area contributed by atoms with Gasteiger partial charge in [-0.05, 0) is 48.7 Å². The van der Waals surface area contributed by atoms with Gasteiger partial charge in [0.2, 0.25) is 5.95 Å². The molecule has 0 atom stereocenters. The number of aromatic nitrogens is 3. The van der Waals surface area contributed by atoms with Crippen molar-refractivity contribution in [2.24, 2.45) is 0 Å². The van der Waals surface area contributed by atoms with Gasteiger partial charge in [-0.15, -0.1) is 5.10 Å². The number of nitrogens with zero attached hydrogens (tertiary/aromatic N) is 3. The number of nitrogens with two attached hydrogens (primary N) is 1. The zero-order valence-electron chi connectivity index (χ0n) is 10.7. The third kappa shape index (κ3) is 1.93. The Labute approximate surface area is 109 Å². The molecule has 0 saturated carbocycles. The van der Waals surface area contributed by atoms with Crippen LogP contribution >= 0.6 is 0 Å². The van der Waals surface area contributed by atoms with Crippen LogP contribution in [0.2, 0.25) is 0 Å². The molecule has 0 spiro atoms. The molecular weight excluding hydrogens is 243 g/mol. The van der Waals surface area contributed by atoms with Gasteiger partial charge in [0.05, 0.1) is 0 Å². The summed E-state index contributed by atoms with van der Waals surface area (Å²) in [6.07, 6.45) is 1.86. The van der Waals surface area contributed by atoms with Crippen molar-refractivity contribution >= 4 is 11.6 Å². The number of hydrogen-bond donors (Lipinski definition) is 1. The summed E-state index contributed by atoms with van der Waals surface area (Å²) in [6.45, 7) is 3.84. The highest BCUT2D eigenvalue weighted by Gasteiger charge is 2.11. The number of hydrogen-bond acceptors (Lipinski definition) is 3. The molecule has 0 aliphatic rings. The van der Waals surface area contributed by atoms with Crippen LogP contribution in [-0.4, -0.2) is 14.6 Å². The Morgan fingerprint density at radius 2 is 1.95 bits per heavy atom. The van der Waals surface area contributed by atoms with E-state index in [0.29, 0.717) is 5.65 Å². The quantitative estimate of drug-likeness (QED) is 0.728. The fourth-order valence-corrected chi connectivity index (χ4v) is 2.26. The summed E-state index contributed by atoms with van der Waals surface area (Å²) in [5.74, 6) is -0.0162. The third-order valence-corrected chi connectivity index (χ3v) is 3.07. The number of pyridine rings is 1. The summed E-state index contributed by atoms with van der Waals surface area (Å²) in [5, 5.41) is 4.12. The van der Waals surface area contributed by atoms with Crippen molar-refractivity contribution in [3.8, 4) is 11.1 Å². The van der Waals surface area contributed by atoms with Gasteiger partial charge in [0.25, 0.3) is 0 Å². The molecule has 2 N–H and O–H groups in total. The van der Waals surface area contributed by atoms with Gasteiger partial charge < -0.3 is 5.73 Å². The molecule has 4 nitrogen and oxygen atoms in total. The lowest BCUT2D eigenvalue weighted by Gasteiger charge is -2.08. The Morgan fingerprint density at radius 3 is 2.68 bits per heavy atom. The van der Waals surface area contributed by atoms with Crippen LogP contribution in [0.15, 0.2) is 30.5 Å². The van der Waals surface area contributed by atoms with Crippen LogP contribution < -0.4 is 5.73 Å². The largest absolute Gasteiger partial charge is 0.366 e. The monoisotopic (exact) mass is 256 g/mol. The highest BCUT2D eigenvalue weighted by molar-refractivity contribution is 5.80. The number of aryl methyl sites for hydroxylation is 2. The van der Waals surface area contributed by atoms with Gasteiger partial charge in [-0.25, -0.2) is 8.91 Å². The maximum absolute atomic E-state index is 13.2. The fraction of sp³-hybridized carbons (Fsp3) is 0.143. The Bertz CT molecular complexity index is 776. The normalized spacial score (nSPS) is 11.1. The summed E-state index contributed by atoms with van der Waals surface area (Å²) in [5.41, 5.74) is 10.1. The maximum atomic E-state index is 13.2. The first-order valence-electron chi connectivity index (χ1n) is 5.93. The van der Waals surface area contributed by atoms with E-state index in [2.05, 4.69) is 10.1 Å². The van der Waals surface area contributed by atoms with Gasteiger partial charge in [-0.1, -0.05) is 6.07 Å². The topological polar surface area (TPSA) is 56.2 Å². The Balaban J connectivity index is 2.35. The summed E-state index contributed by atoms with van der Waals surface area (Å²) < 4.78 is 14.9. The second kappa shape index (κ2) is 4.05. The van der Waals surface area contributed by atoms with Gasteiger partial charge in [-0.2, -0.15) is 4.98 Å². The lowest BCUT2D eigenvalue weighted by atomic mass is 10.0. The minimum absolute atomic E-state index is 0.228. The van der Waals surface area contributed by atoms with Crippen molar-refractivity contribution < 1.29 is 4.39 Å². The highest BCUT2D eigenvalue weighted by Crippen LogP contribution is 2.28. The van der Waals surface area contributed by atoms with Gasteiger partial charge in [-0.3, -0.25) is 0 Å². The molecule has 0 saturated heterocycles. The van der Waals surface area contributed by atoms with Crippen LogP contribution in [0.3, 0.4) is 0 Å². The minimum Gasteiger partial charge on any atom is -0.366 e. The van der Waals surface area contributed by atoms with E-state index in [0.717, 1.165) is 22.3 Å². The number of fused-ring (bicyclic) bond motifs is 1. The van der Waals surface area contributed by atoms with E-state index in [1.807, 2.05) is 26.1 Å². The minimum atomic E-state index is -0.245. The number of halogens is 1. The number of rotatable bonds is 1. The van der Waals surface area contributed by atoms with Gasteiger partial charge in [0.15, 0.2) is 5.65 Å². The van der Waals surface area contributed by atoms with Crippen LogP contribution in [0, 0.1) is 19.7 Å². The van der Waals surface area contributed by atoms with E-state index in [-0.39, 0.29) is 11.8 Å². The van der Waals surface area contributed by atoms with E-state index in [9.17, 15) is 4.39 Å². The highest BCUT2D eigenvalue weighted by atomic mass is 19.1. The first kappa shape index (κ1) is 11.6. The molecule has 0 aliphatic heterocycles. The van der Waals surface area contributed by atoms with Crippen LogP contribution in [0.25, 0.3) is 16.8 Å². The Morgan fingerprint density at radius 1 is 1.16 bits per heavy atom. The Hall–Kier alpha value is -2.43. The molecule has 0 unspecified atom stereocenters. The molecule has 0 aliphatic carbocycles. The second-order valence-electron chi connectivity index (χ2n) is 4.63. The molecule has 2 heterocycles. The first-order valence-corrected chi connectivity index (χ1v) is 5.93. The second-order valence-corrected chi connectivity index (χ2v) is 4.63. The third-order valence-electron chi connectivity index (χ3n) is 3.07. The summed E-state index contributed by atoms with van der Waals surface area (Å²) in [6, 6.07) is 6.71. The molecular formula is C14H13FN4. The Kier molecular flexibility index (Phi) is 2.48. The van der Waals surface area contributed by atoms with E-state index in [1.54, 1.807) is 10.6 Å². The molecule has 0 fully saturated rings. The lowest BCUT2D eigenvalue weighted by molar-refractivity contribution is 0.627. The molecule has 0 bridgehead atoms. The molecule has 3 rings (SSSR count). The maximum Gasteiger partial charge on any atom is 0.240 e. The predicted octanol–water partition coefficient (Wildman–Crippen LogP) is 2.73. The molecule has 96 valence electrons. The summed E-state index contributed by atoms with van der Waals surface area (Å²) in [4.78, 5) is 4.23. The fourth-order valence-electron chi connectivity index (χ4n) is 2.26. The van der Waals surface area contributed by atoms with Crippen molar-refractivity contribution in [3.05, 3.63) is 47.4 Å². The van der Waals surface area contributed by atoms with Crippen molar-refractivity contribution in [1.82, 2.24) is 14.6 Å². The summed E-state index contributed by atoms with van der Waals surface area (Å²) >= 11 is 0. The van der Waals surface area contributed by atoms with Gasteiger partial charge in [0.1, 0.15) is 5.82 Å². The standard InChI is InChI=1S/C14H13FN4/c1-8-5-12(11-4-3-10(15)6-9(11)2)13-17-14(16)18-19(13)7-8/h3-7H,1-2H3,(H2,16,18). The molecule has 3 aromatic rings. The van der Waals surface area contributed by atoms with Crippen LogP contribution in [0.4, 0.5) is 10.3 Å². The lowest BCUT2D eigenvalue weighted by Crippen LogP contribution is -1.94. The molecule has 0 amide bonds. The first-order chi connectivity index (χ1) is 9.04.